The minimum Gasteiger partial charge on any atom is -0.342 e. The highest BCUT2D eigenvalue weighted by Gasteiger charge is 2.22. The number of likely N-dealkylation sites (tertiary alicyclic amines) is 1. The molecule has 0 unspecified atom stereocenters. The lowest BCUT2D eigenvalue weighted by Crippen LogP contribution is -2.40. The number of aromatic nitrogens is 2. The van der Waals surface area contributed by atoms with Crippen molar-refractivity contribution in [1.29, 1.82) is 0 Å². The summed E-state index contributed by atoms with van der Waals surface area (Å²) in [5.41, 5.74) is 0.670. The number of thioether (sulfide) groups is 1. The second-order valence-corrected chi connectivity index (χ2v) is 8.84. The standard InChI is InChI=1S/C21H30N4O2S/c1-16-8-6-12-24(14-16)19(26)15-28-21-22-18-10-5-4-9-17(18)20(27)25(21)13-7-11-23(2)3/h4-5,9-10,16H,6-8,11-15H2,1-3H3/t16-/m0/s1. The van der Waals surface area contributed by atoms with Gasteiger partial charge in [0.1, 0.15) is 0 Å². The minimum absolute atomic E-state index is 0.0223. The average Bonchev–Trinajstić information content (AvgIpc) is 2.68. The Morgan fingerprint density at radius 2 is 2.11 bits per heavy atom. The predicted octanol–water partition coefficient (Wildman–Crippen LogP) is 2.70. The van der Waals surface area contributed by atoms with Crippen LogP contribution >= 0.6 is 11.8 Å². The Morgan fingerprint density at radius 3 is 2.86 bits per heavy atom. The fourth-order valence-electron chi connectivity index (χ4n) is 3.63. The van der Waals surface area contributed by atoms with E-state index in [9.17, 15) is 9.59 Å². The number of piperidine rings is 1. The molecule has 28 heavy (non-hydrogen) atoms. The van der Waals surface area contributed by atoms with E-state index in [1.165, 1.54) is 18.2 Å². The monoisotopic (exact) mass is 402 g/mol. The molecule has 1 saturated heterocycles. The smallest absolute Gasteiger partial charge is 0.262 e. The second kappa shape index (κ2) is 9.56. The zero-order valence-electron chi connectivity index (χ0n) is 17.1. The normalized spacial score (nSPS) is 17.4. The quantitative estimate of drug-likeness (QED) is 0.526. The van der Waals surface area contributed by atoms with E-state index in [1.54, 1.807) is 4.57 Å². The molecule has 0 aliphatic carbocycles. The number of carbonyl (C=O) groups is 1. The summed E-state index contributed by atoms with van der Waals surface area (Å²) in [6.07, 6.45) is 3.12. The van der Waals surface area contributed by atoms with Gasteiger partial charge in [-0.1, -0.05) is 30.8 Å². The zero-order valence-corrected chi connectivity index (χ0v) is 17.9. The molecule has 0 radical (unpaired) electrons. The van der Waals surface area contributed by atoms with Gasteiger partial charge in [-0.3, -0.25) is 14.2 Å². The van der Waals surface area contributed by atoms with Crippen molar-refractivity contribution in [2.45, 2.75) is 37.9 Å². The van der Waals surface area contributed by atoms with Crippen molar-refractivity contribution in [3.8, 4) is 0 Å². The zero-order chi connectivity index (χ0) is 20.1. The molecule has 1 fully saturated rings. The Hall–Kier alpha value is -1.86. The molecule has 0 N–H and O–H groups in total. The lowest BCUT2D eigenvalue weighted by atomic mass is 10.0. The number of hydrogen-bond donors (Lipinski definition) is 0. The van der Waals surface area contributed by atoms with Gasteiger partial charge in [0, 0.05) is 19.6 Å². The Balaban J connectivity index is 1.79. The number of carbonyl (C=O) groups excluding carboxylic acids is 1. The van der Waals surface area contributed by atoms with Gasteiger partial charge in [-0.2, -0.15) is 0 Å². The van der Waals surface area contributed by atoms with Gasteiger partial charge in [0.05, 0.1) is 16.7 Å². The Labute approximate surface area is 170 Å². The van der Waals surface area contributed by atoms with Crippen LogP contribution < -0.4 is 5.56 Å². The van der Waals surface area contributed by atoms with Crippen LogP contribution in [0.15, 0.2) is 34.2 Å². The van der Waals surface area contributed by atoms with Crippen molar-refractivity contribution in [2.24, 2.45) is 5.92 Å². The maximum absolute atomic E-state index is 13.0. The molecule has 1 atom stereocenters. The molecule has 2 heterocycles. The highest BCUT2D eigenvalue weighted by atomic mass is 32.2. The molecule has 152 valence electrons. The summed E-state index contributed by atoms with van der Waals surface area (Å²) in [5.74, 6) is 1.02. The maximum atomic E-state index is 13.0. The summed E-state index contributed by atoms with van der Waals surface area (Å²) in [4.78, 5) is 34.4. The van der Waals surface area contributed by atoms with Crippen LogP contribution in [0.4, 0.5) is 0 Å². The summed E-state index contributed by atoms with van der Waals surface area (Å²) in [5, 5.41) is 1.27. The van der Waals surface area contributed by atoms with E-state index in [1.807, 2.05) is 43.3 Å². The Bertz CT molecular complexity index is 880. The largest absolute Gasteiger partial charge is 0.342 e. The fraction of sp³-hybridized carbons (Fsp3) is 0.571. The summed E-state index contributed by atoms with van der Waals surface area (Å²) in [6.45, 7) is 5.37. The second-order valence-electron chi connectivity index (χ2n) is 7.90. The molecule has 1 aliphatic heterocycles. The number of nitrogens with zero attached hydrogens (tertiary/aromatic N) is 4. The van der Waals surface area contributed by atoms with Crippen LogP contribution in [0.25, 0.3) is 10.9 Å². The van der Waals surface area contributed by atoms with Crippen LogP contribution in [-0.2, 0) is 11.3 Å². The van der Waals surface area contributed by atoms with Gasteiger partial charge in [0.15, 0.2) is 5.16 Å². The Morgan fingerprint density at radius 1 is 1.32 bits per heavy atom. The molecule has 0 bridgehead atoms. The van der Waals surface area contributed by atoms with Crippen LogP contribution in [0, 0.1) is 5.92 Å². The van der Waals surface area contributed by atoms with E-state index >= 15 is 0 Å². The summed E-state index contributed by atoms with van der Waals surface area (Å²) in [6, 6.07) is 7.43. The van der Waals surface area contributed by atoms with E-state index in [-0.39, 0.29) is 11.5 Å². The maximum Gasteiger partial charge on any atom is 0.262 e. The van der Waals surface area contributed by atoms with E-state index in [2.05, 4.69) is 11.8 Å². The third-order valence-electron chi connectivity index (χ3n) is 5.15. The third-order valence-corrected chi connectivity index (χ3v) is 6.11. The van der Waals surface area contributed by atoms with Gasteiger partial charge in [-0.15, -0.1) is 0 Å². The van der Waals surface area contributed by atoms with Crippen LogP contribution in [0.1, 0.15) is 26.2 Å². The third kappa shape index (κ3) is 5.14. The van der Waals surface area contributed by atoms with Crippen molar-refractivity contribution >= 4 is 28.6 Å². The van der Waals surface area contributed by atoms with Gasteiger partial charge in [-0.05, 0) is 58.0 Å². The number of fused-ring (bicyclic) bond motifs is 1. The molecule has 1 aromatic heterocycles. The number of benzene rings is 1. The highest BCUT2D eigenvalue weighted by molar-refractivity contribution is 7.99. The first-order valence-corrected chi connectivity index (χ1v) is 11.0. The fourth-order valence-corrected chi connectivity index (χ4v) is 4.56. The first-order chi connectivity index (χ1) is 13.5. The number of amides is 1. The highest BCUT2D eigenvalue weighted by Crippen LogP contribution is 2.21. The number of hydrogen-bond acceptors (Lipinski definition) is 5. The summed E-state index contributed by atoms with van der Waals surface area (Å²) < 4.78 is 1.74. The Kier molecular flexibility index (Phi) is 7.13. The lowest BCUT2D eigenvalue weighted by Gasteiger charge is -2.30. The number of rotatable bonds is 7. The van der Waals surface area contributed by atoms with Gasteiger partial charge in [0.2, 0.25) is 5.91 Å². The molecule has 6 nitrogen and oxygen atoms in total. The van der Waals surface area contributed by atoms with Gasteiger partial charge < -0.3 is 9.80 Å². The SMILES string of the molecule is C[C@H]1CCCN(C(=O)CSc2nc3ccccc3c(=O)n2CCCN(C)C)C1. The number of para-hydroxylation sites is 1. The van der Waals surface area contributed by atoms with Gasteiger partial charge >= 0.3 is 0 Å². The molecule has 0 saturated carbocycles. The molecule has 2 aromatic rings. The molecule has 1 aromatic carbocycles. The van der Waals surface area contributed by atoms with Crippen molar-refractivity contribution in [2.75, 3.05) is 39.5 Å². The van der Waals surface area contributed by atoms with Crippen LogP contribution in [0.2, 0.25) is 0 Å². The van der Waals surface area contributed by atoms with Crippen LogP contribution in [-0.4, -0.2) is 64.7 Å². The van der Waals surface area contributed by atoms with Gasteiger partial charge in [0.25, 0.3) is 5.56 Å². The molecular weight excluding hydrogens is 372 g/mol. The predicted molar refractivity (Wildman–Crippen MR) is 115 cm³/mol. The summed E-state index contributed by atoms with van der Waals surface area (Å²) >= 11 is 1.38. The van der Waals surface area contributed by atoms with Crippen molar-refractivity contribution in [1.82, 2.24) is 19.4 Å². The van der Waals surface area contributed by atoms with Gasteiger partial charge in [-0.25, -0.2) is 4.98 Å². The average molecular weight is 403 g/mol. The van der Waals surface area contributed by atoms with Crippen LogP contribution in [0.3, 0.4) is 0 Å². The van der Waals surface area contributed by atoms with E-state index in [0.29, 0.717) is 34.3 Å². The molecule has 3 rings (SSSR count). The molecular formula is C21H30N4O2S. The van der Waals surface area contributed by atoms with Crippen LogP contribution in [0.5, 0.6) is 0 Å². The molecule has 1 aliphatic rings. The summed E-state index contributed by atoms with van der Waals surface area (Å²) in [7, 11) is 4.05. The van der Waals surface area contributed by atoms with Crippen molar-refractivity contribution < 1.29 is 4.79 Å². The topological polar surface area (TPSA) is 58.4 Å². The van der Waals surface area contributed by atoms with E-state index < -0.39 is 0 Å². The first kappa shape index (κ1) is 20.9. The molecule has 0 spiro atoms. The molecule has 7 heteroatoms. The van der Waals surface area contributed by atoms with E-state index in [4.69, 9.17) is 4.98 Å². The lowest BCUT2D eigenvalue weighted by molar-refractivity contribution is -0.130. The molecule has 1 amide bonds. The van der Waals surface area contributed by atoms with Crippen molar-refractivity contribution in [3.63, 3.8) is 0 Å². The minimum atomic E-state index is -0.0223. The first-order valence-electron chi connectivity index (χ1n) is 10.0. The van der Waals surface area contributed by atoms with Crippen molar-refractivity contribution in [3.05, 3.63) is 34.6 Å². The van der Waals surface area contributed by atoms with E-state index in [0.717, 1.165) is 32.5 Å².